The first-order valence-corrected chi connectivity index (χ1v) is 4.92. The van der Waals surface area contributed by atoms with Crippen LogP contribution < -0.4 is 0 Å². The number of hydrogen-bond acceptors (Lipinski definition) is 5. The summed E-state index contributed by atoms with van der Waals surface area (Å²) in [4.78, 5) is 0. The molecule has 0 aliphatic heterocycles. The lowest BCUT2D eigenvalue weighted by Crippen LogP contribution is -1.88. The summed E-state index contributed by atoms with van der Waals surface area (Å²) in [6.45, 7) is 1.28. The molecule has 18 heavy (non-hydrogen) atoms. The molecule has 0 unspecified atom stereocenters. The third kappa shape index (κ3) is 1.58. The highest BCUT2D eigenvalue weighted by molar-refractivity contribution is 5.92. The van der Waals surface area contributed by atoms with Gasteiger partial charge in [0.1, 0.15) is 36.0 Å². The number of methoxy groups -OCH3 is 1. The Hall–Kier alpha value is -2.81. The van der Waals surface area contributed by atoms with E-state index in [1.54, 1.807) is 6.07 Å². The smallest absolute Gasteiger partial charge is 0.155 e. The molecule has 2 rings (SSSR count). The fourth-order valence-corrected chi connectivity index (χ4v) is 1.72. The Labute approximate surface area is 103 Å². The molecule has 0 atom stereocenters. The third-order valence-electron chi connectivity index (χ3n) is 2.45. The lowest BCUT2D eigenvalue weighted by Gasteiger charge is -1.95. The molecule has 0 saturated carbocycles. The van der Waals surface area contributed by atoms with Crippen LogP contribution >= 0.6 is 0 Å². The standard InChI is InChI=1S/C13H6N3O2/c1-17-7-12-10(6-16)13-9(5-15)8(4-14)2-3-11(13)18-12/h2-3,7H,1H3. The molecule has 0 amide bonds. The van der Waals surface area contributed by atoms with Gasteiger partial charge in [-0.2, -0.15) is 15.8 Å². The molecule has 2 aromatic rings. The van der Waals surface area contributed by atoms with E-state index in [1.165, 1.54) is 19.8 Å². The molecule has 0 bridgehead atoms. The van der Waals surface area contributed by atoms with Crippen molar-refractivity contribution in [3.05, 3.63) is 41.2 Å². The molecular weight excluding hydrogens is 230 g/mol. The highest BCUT2D eigenvalue weighted by Crippen LogP contribution is 2.30. The van der Waals surface area contributed by atoms with Crippen molar-refractivity contribution in [2.45, 2.75) is 0 Å². The zero-order chi connectivity index (χ0) is 13.1. The fourth-order valence-electron chi connectivity index (χ4n) is 1.72. The van der Waals surface area contributed by atoms with Crippen LogP contribution in [0.25, 0.3) is 11.0 Å². The Morgan fingerprint density at radius 3 is 2.39 bits per heavy atom. The van der Waals surface area contributed by atoms with Crippen molar-refractivity contribution in [3.8, 4) is 18.2 Å². The van der Waals surface area contributed by atoms with E-state index in [9.17, 15) is 0 Å². The normalized spacial score (nSPS) is 9.67. The zero-order valence-corrected chi connectivity index (χ0v) is 9.39. The van der Waals surface area contributed by atoms with Gasteiger partial charge in [-0.15, -0.1) is 0 Å². The SMILES string of the molecule is CO[CH]c1oc2ccc(C#N)c(C#N)c2c1C#N. The van der Waals surface area contributed by atoms with Crippen molar-refractivity contribution >= 4 is 11.0 Å². The maximum Gasteiger partial charge on any atom is 0.155 e. The van der Waals surface area contributed by atoms with Gasteiger partial charge in [0.05, 0.1) is 16.5 Å². The van der Waals surface area contributed by atoms with Crippen molar-refractivity contribution in [1.82, 2.24) is 0 Å². The van der Waals surface area contributed by atoms with Crippen LogP contribution in [-0.4, -0.2) is 7.11 Å². The van der Waals surface area contributed by atoms with Crippen molar-refractivity contribution in [2.75, 3.05) is 7.11 Å². The number of nitrogens with zero attached hydrogens (tertiary/aromatic N) is 3. The summed E-state index contributed by atoms with van der Waals surface area (Å²) in [5, 5.41) is 27.5. The van der Waals surface area contributed by atoms with Gasteiger partial charge in [0.2, 0.25) is 0 Å². The van der Waals surface area contributed by atoms with E-state index in [0.29, 0.717) is 11.0 Å². The first-order valence-electron chi connectivity index (χ1n) is 4.92. The molecule has 0 fully saturated rings. The summed E-state index contributed by atoms with van der Waals surface area (Å²) in [5.41, 5.74) is 0.934. The molecule has 0 saturated heterocycles. The maximum atomic E-state index is 9.14. The highest BCUT2D eigenvalue weighted by atomic mass is 16.5. The van der Waals surface area contributed by atoms with E-state index >= 15 is 0 Å². The minimum Gasteiger partial charge on any atom is -0.457 e. The van der Waals surface area contributed by atoms with Crippen LogP contribution in [0.4, 0.5) is 0 Å². The molecule has 1 radical (unpaired) electrons. The summed E-state index contributed by atoms with van der Waals surface area (Å²) in [7, 11) is 1.43. The number of hydrogen-bond donors (Lipinski definition) is 0. The number of fused-ring (bicyclic) bond motifs is 1. The number of benzene rings is 1. The summed E-state index contributed by atoms with van der Waals surface area (Å²) in [6.07, 6.45) is 0. The molecule has 1 aromatic carbocycles. The highest BCUT2D eigenvalue weighted by Gasteiger charge is 2.19. The lowest BCUT2D eigenvalue weighted by atomic mass is 10.0. The van der Waals surface area contributed by atoms with Crippen LogP contribution in [-0.2, 0) is 4.74 Å². The molecule has 0 aliphatic carbocycles. The van der Waals surface area contributed by atoms with Gasteiger partial charge in [0.25, 0.3) is 0 Å². The van der Waals surface area contributed by atoms with E-state index in [1.807, 2.05) is 18.2 Å². The average Bonchev–Trinajstić information content (AvgIpc) is 2.75. The van der Waals surface area contributed by atoms with Crippen molar-refractivity contribution in [1.29, 1.82) is 15.8 Å². The van der Waals surface area contributed by atoms with E-state index in [0.717, 1.165) is 0 Å². The van der Waals surface area contributed by atoms with Gasteiger partial charge in [-0.1, -0.05) is 0 Å². The number of ether oxygens (including phenoxy) is 1. The Balaban J connectivity index is 2.90. The largest absolute Gasteiger partial charge is 0.457 e. The number of nitriles is 3. The van der Waals surface area contributed by atoms with Gasteiger partial charge in [-0.25, -0.2) is 0 Å². The Kier molecular flexibility index (Phi) is 2.98. The van der Waals surface area contributed by atoms with Crippen LogP contribution in [0.15, 0.2) is 16.5 Å². The van der Waals surface area contributed by atoms with Gasteiger partial charge in [-0.3, -0.25) is 0 Å². The predicted molar refractivity (Wildman–Crippen MR) is 60.8 cm³/mol. The Bertz CT molecular complexity index is 739. The van der Waals surface area contributed by atoms with Crippen molar-refractivity contribution in [2.24, 2.45) is 0 Å². The summed E-state index contributed by atoms with van der Waals surface area (Å²) < 4.78 is 10.2. The Morgan fingerprint density at radius 2 is 1.83 bits per heavy atom. The molecule has 5 heteroatoms. The van der Waals surface area contributed by atoms with Gasteiger partial charge < -0.3 is 9.15 Å². The minimum atomic E-state index is 0.144. The Morgan fingerprint density at radius 1 is 1.11 bits per heavy atom. The van der Waals surface area contributed by atoms with Crippen LogP contribution in [0.3, 0.4) is 0 Å². The second-order valence-electron chi connectivity index (χ2n) is 3.39. The lowest BCUT2D eigenvalue weighted by molar-refractivity contribution is 0.275. The van der Waals surface area contributed by atoms with Gasteiger partial charge >= 0.3 is 0 Å². The summed E-state index contributed by atoms with van der Waals surface area (Å²) in [6, 6.07) is 8.86. The monoisotopic (exact) mass is 236 g/mol. The minimum absolute atomic E-state index is 0.144. The van der Waals surface area contributed by atoms with E-state index in [2.05, 4.69) is 0 Å². The van der Waals surface area contributed by atoms with Crippen LogP contribution in [0.1, 0.15) is 22.5 Å². The molecule has 1 aromatic heterocycles. The van der Waals surface area contributed by atoms with Crippen LogP contribution in [0.2, 0.25) is 0 Å². The molecular formula is C13H6N3O2. The summed E-state index contributed by atoms with van der Waals surface area (Å²) >= 11 is 0. The van der Waals surface area contributed by atoms with E-state index < -0.39 is 0 Å². The average molecular weight is 236 g/mol. The van der Waals surface area contributed by atoms with Crippen molar-refractivity contribution in [3.63, 3.8) is 0 Å². The van der Waals surface area contributed by atoms with Gasteiger partial charge in [0, 0.05) is 7.11 Å². The summed E-state index contributed by atoms with van der Waals surface area (Å²) in [5.74, 6) is 0.238. The predicted octanol–water partition coefficient (Wildman–Crippen LogP) is 2.20. The number of furan rings is 1. The molecule has 0 spiro atoms. The topological polar surface area (TPSA) is 93.7 Å². The molecule has 5 nitrogen and oxygen atoms in total. The maximum absolute atomic E-state index is 9.14. The zero-order valence-electron chi connectivity index (χ0n) is 9.39. The van der Waals surface area contributed by atoms with Gasteiger partial charge in [-0.05, 0) is 12.1 Å². The molecule has 0 aliphatic rings. The molecule has 1 heterocycles. The number of rotatable bonds is 2. The second-order valence-corrected chi connectivity index (χ2v) is 3.39. The van der Waals surface area contributed by atoms with Gasteiger partial charge in [0.15, 0.2) is 5.76 Å². The first kappa shape index (κ1) is 11.7. The van der Waals surface area contributed by atoms with Crippen molar-refractivity contribution < 1.29 is 9.15 Å². The second kappa shape index (κ2) is 4.59. The van der Waals surface area contributed by atoms with E-state index in [4.69, 9.17) is 24.9 Å². The van der Waals surface area contributed by atoms with Crippen LogP contribution in [0, 0.1) is 40.6 Å². The molecule has 0 N–H and O–H groups in total. The third-order valence-corrected chi connectivity index (χ3v) is 2.45. The molecule has 85 valence electrons. The van der Waals surface area contributed by atoms with Crippen LogP contribution in [0.5, 0.6) is 0 Å². The van der Waals surface area contributed by atoms with E-state index in [-0.39, 0.29) is 22.5 Å². The fraction of sp³-hybridized carbons (Fsp3) is 0.0769. The quantitative estimate of drug-likeness (QED) is 0.796. The first-order chi connectivity index (χ1) is 8.76.